The molecule has 0 bridgehead atoms. The standard InChI is InChI=1S/C23H28FN4O7PS/c1-5-23(24)19(29)17(34-21(23)28-12-11-18(25)26-22(28)37)13-32-36(31,35-16-9-7-6-8-10-16)27-15(4)20(30)33-14(2)3/h1,6-12,14-15,17,19,21,29H,13H2,2-4H3,(H,27,31)(H2,25,26,37)/t15-,17+,19-,21+,23?,36?/m0/s1. The van der Waals surface area contributed by atoms with Crippen molar-refractivity contribution in [1.29, 1.82) is 0 Å². The van der Waals surface area contributed by atoms with E-state index in [1.807, 2.05) is 5.92 Å². The Balaban J connectivity index is 1.83. The molecule has 1 fully saturated rings. The second-order valence-corrected chi connectivity index (χ2v) is 10.5. The van der Waals surface area contributed by atoms with Gasteiger partial charge < -0.3 is 24.8 Å². The molecule has 1 aliphatic heterocycles. The van der Waals surface area contributed by atoms with Gasteiger partial charge in [-0.3, -0.25) is 13.9 Å². The first-order valence-electron chi connectivity index (χ1n) is 11.2. The molecule has 2 aromatic rings. The van der Waals surface area contributed by atoms with Crippen LogP contribution in [0.5, 0.6) is 5.75 Å². The van der Waals surface area contributed by atoms with Crippen LogP contribution in [0, 0.1) is 17.1 Å². The molecular weight excluding hydrogens is 526 g/mol. The molecule has 0 spiro atoms. The fraction of sp³-hybridized carbons (Fsp3) is 0.435. The zero-order valence-corrected chi connectivity index (χ0v) is 22.0. The van der Waals surface area contributed by atoms with Crippen LogP contribution in [0.1, 0.15) is 27.0 Å². The lowest BCUT2D eigenvalue weighted by Crippen LogP contribution is -2.42. The molecule has 2 heterocycles. The second-order valence-electron chi connectivity index (χ2n) is 8.46. The number of para-hydroxylation sites is 1. The van der Waals surface area contributed by atoms with Gasteiger partial charge in [-0.25, -0.2) is 13.9 Å². The number of carbonyl (C=O) groups excluding carboxylic acids is 1. The molecule has 0 radical (unpaired) electrons. The van der Waals surface area contributed by atoms with Crippen molar-refractivity contribution in [3.63, 3.8) is 0 Å². The predicted molar refractivity (Wildman–Crippen MR) is 135 cm³/mol. The molecule has 14 heteroatoms. The molecule has 11 nitrogen and oxygen atoms in total. The highest BCUT2D eigenvalue weighted by Gasteiger charge is 2.58. The number of nitrogen functional groups attached to an aromatic ring is 1. The summed E-state index contributed by atoms with van der Waals surface area (Å²) in [5, 5.41) is 13.2. The Morgan fingerprint density at radius 1 is 1.41 bits per heavy atom. The number of anilines is 1. The number of hydrogen-bond acceptors (Lipinski definition) is 10. The van der Waals surface area contributed by atoms with E-state index in [-0.39, 0.29) is 16.3 Å². The number of terminal acetylenes is 1. The normalized spacial score (nSPS) is 25.7. The average Bonchev–Trinajstić information content (AvgIpc) is 3.08. The van der Waals surface area contributed by atoms with Crippen molar-refractivity contribution in [2.45, 2.75) is 57.0 Å². The Morgan fingerprint density at radius 3 is 2.68 bits per heavy atom. The van der Waals surface area contributed by atoms with Gasteiger partial charge in [-0.1, -0.05) is 24.1 Å². The van der Waals surface area contributed by atoms with Gasteiger partial charge >= 0.3 is 13.7 Å². The fourth-order valence-corrected chi connectivity index (χ4v) is 5.19. The summed E-state index contributed by atoms with van der Waals surface area (Å²) < 4.78 is 52.2. The third-order valence-corrected chi connectivity index (χ3v) is 7.15. The minimum Gasteiger partial charge on any atom is -0.462 e. The number of hydrogen-bond donors (Lipinski definition) is 3. The Labute approximate surface area is 218 Å². The number of halogens is 1. The van der Waals surface area contributed by atoms with Crippen molar-refractivity contribution in [2.75, 3.05) is 12.3 Å². The molecule has 3 rings (SSSR count). The highest BCUT2D eigenvalue weighted by Crippen LogP contribution is 2.47. The van der Waals surface area contributed by atoms with Crippen molar-refractivity contribution in [3.05, 3.63) is 47.4 Å². The van der Waals surface area contributed by atoms with Crippen LogP contribution in [0.4, 0.5) is 10.2 Å². The first kappa shape index (κ1) is 28.7. The Hall–Kier alpha value is -2.85. The number of ether oxygens (including phenoxy) is 2. The molecule has 4 N–H and O–H groups in total. The van der Waals surface area contributed by atoms with E-state index < -0.39 is 56.6 Å². The minimum absolute atomic E-state index is 0.0973. The van der Waals surface area contributed by atoms with Crippen LogP contribution in [0.15, 0.2) is 42.6 Å². The summed E-state index contributed by atoms with van der Waals surface area (Å²) in [5.74, 6) is 1.47. The Kier molecular flexibility index (Phi) is 9.07. The van der Waals surface area contributed by atoms with Crippen LogP contribution in [0.25, 0.3) is 0 Å². The molecular formula is C23H28FN4O7PS. The van der Waals surface area contributed by atoms with Crippen LogP contribution in [-0.4, -0.2) is 57.3 Å². The molecule has 37 heavy (non-hydrogen) atoms. The molecule has 0 saturated carbocycles. The average molecular weight is 555 g/mol. The lowest BCUT2D eigenvalue weighted by Gasteiger charge is -2.25. The highest BCUT2D eigenvalue weighted by molar-refractivity contribution is 7.71. The van der Waals surface area contributed by atoms with Gasteiger partial charge in [0.05, 0.1) is 12.7 Å². The highest BCUT2D eigenvalue weighted by atomic mass is 32.1. The van der Waals surface area contributed by atoms with E-state index in [0.29, 0.717) is 0 Å². The van der Waals surface area contributed by atoms with Gasteiger partial charge in [-0.05, 0) is 51.2 Å². The maximum Gasteiger partial charge on any atom is 0.459 e. The lowest BCUT2D eigenvalue weighted by atomic mass is 9.97. The van der Waals surface area contributed by atoms with E-state index in [1.54, 1.807) is 32.0 Å². The molecule has 200 valence electrons. The van der Waals surface area contributed by atoms with Crippen LogP contribution in [0.2, 0.25) is 0 Å². The number of rotatable bonds is 10. The fourth-order valence-electron chi connectivity index (χ4n) is 3.42. The number of nitrogens with two attached hydrogens (primary N) is 1. The van der Waals surface area contributed by atoms with E-state index in [0.717, 1.165) is 4.57 Å². The number of nitrogens with one attached hydrogen (secondary N) is 1. The monoisotopic (exact) mass is 554 g/mol. The zero-order valence-electron chi connectivity index (χ0n) is 20.3. The number of carbonyl (C=O) groups is 1. The summed E-state index contributed by atoms with van der Waals surface area (Å²) in [6, 6.07) is 8.28. The van der Waals surface area contributed by atoms with Gasteiger partial charge in [-0.15, -0.1) is 6.42 Å². The third-order valence-electron chi connectivity index (χ3n) is 5.21. The maximum absolute atomic E-state index is 15.8. The van der Waals surface area contributed by atoms with Crippen LogP contribution < -0.4 is 15.3 Å². The molecule has 1 aromatic carbocycles. The van der Waals surface area contributed by atoms with E-state index in [9.17, 15) is 14.5 Å². The Morgan fingerprint density at radius 2 is 2.08 bits per heavy atom. The summed E-state index contributed by atoms with van der Waals surface area (Å²) in [4.78, 5) is 16.2. The first-order valence-corrected chi connectivity index (χ1v) is 13.2. The number of benzene rings is 1. The number of aliphatic hydroxyl groups excluding tert-OH is 1. The SMILES string of the molecule is C#CC1(F)[C@@H](O)[C@@H](COP(=O)(N[C@@H](C)C(=O)OC(C)C)Oc2ccccc2)O[C@H]1n1ccc(N)nc1=S. The van der Waals surface area contributed by atoms with Gasteiger partial charge in [0, 0.05) is 6.20 Å². The van der Waals surface area contributed by atoms with Crippen molar-refractivity contribution in [2.24, 2.45) is 0 Å². The topological polar surface area (TPSA) is 147 Å². The molecule has 1 aromatic heterocycles. The molecule has 1 aliphatic rings. The zero-order chi connectivity index (χ0) is 27.4. The number of esters is 1. The maximum atomic E-state index is 15.8. The first-order chi connectivity index (χ1) is 17.4. The van der Waals surface area contributed by atoms with Crippen LogP contribution in [0.3, 0.4) is 0 Å². The van der Waals surface area contributed by atoms with E-state index in [1.165, 1.54) is 31.3 Å². The van der Waals surface area contributed by atoms with Gasteiger partial charge in [0.15, 0.2) is 6.23 Å². The summed E-state index contributed by atoms with van der Waals surface area (Å²) in [6.07, 6.45) is 1.43. The largest absolute Gasteiger partial charge is 0.462 e. The van der Waals surface area contributed by atoms with Gasteiger partial charge in [-0.2, -0.15) is 5.09 Å². The van der Waals surface area contributed by atoms with Gasteiger partial charge in [0.2, 0.25) is 10.4 Å². The number of alkyl halides is 1. The number of nitrogens with zero attached hydrogens (tertiary/aromatic N) is 2. The van der Waals surface area contributed by atoms with Gasteiger partial charge in [0.25, 0.3) is 0 Å². The Bertz CT molecular complexity index is 1260. The summed E-state index contributed by atoms with van der Waals surface area (Å²) >= 11 is 5.13. The quantitative estimate of drug-likeness (QED) is 0.172. The van der Waals surface area contributed by atoms with E-state index in [2.05, 4.69) is 10.1 Å². The summed E-state index contributed by atoms with van der Waals surface area (Å²) in [6.45, 7) is 4.10. The van der Waals surface area contributed by atoms with E-state index in [4.69, 9.17) is 42.9 Å². The molecule has 0 aliphatic carbocycles. The molecule has 0 amide bonds. The van der Waals surface area contributed by atoms with Crippen molar-refractivity contribution in [1.82, 2.24) is 14.6 Å². The van der Waals surface area contributed by atoms with Crippen LogP contribution in [-0.2, 0) is 23.4 Å². The second kappa shape index (κ2) is 11.7. The number of aliphatic hydroxyl groups is 1. The molecule has 6 atom stereocenters. The van der Waals surface area contributed by atoms with Crippen molar-refractivity contribution < 1.29 is 37.4 Å². The summed E-state index contributed by atoms with van der Waals surface area (Å²) in [5.41, 5.74) is 2.87. The molecule has 1 saturated heterocycles. The third kappa shape index (κ3) is 6.73. The smallest absolute Gasteiger partial charge is 0.459 e. The van der Waals surface area contributed by atoms with Crippen LogP contribution >= 0.6 is 20.0 Å². The van der Waals surface area contributed by atoms with Crippen molar-refractivity contribution >= 4 is 31.8 Å². The summed E-state index contributed by atoms with van der Waals surface area (Å²) in [7, 11) is -4.30. The predicted octanol–water partition coefficient (Wildman–Crippen LogP) is 2.93. The van der Waals surface area contributed by atoms with Crippen molar-refractivity contribution in [3.8, 4) is 18.1 Å². The molecule has 2 unspecified atom stereocenters. The minimum atomic E-state index is -4.30. The lowest BCUT2D eigenvalue weighted by molar-refractivity contribution is -0.149. The van der Waals surface area contributed by atoms with E-state index >= 15 is 4.39 Å². The number of aromatic nitrogens is 2. The van der Waals surface area contributed by atoms with Gasteiger partial charge in [0.1, 0.15) is 29.8 Å².